The van der Waals surface area contributed by atoms with E-state index in [1.807, 2.05) is 6.26 Å². The van der Waals surface area contributed by atoms with Crippen LogP contribution in [0.3, 0.4) is 0 Å². The van der Waals surface area contributed by atoms with Gasteiger partial charge in [0.05, 0.1) is 5.92 Å². The molecule has 0 radical (unpaired) electrons. The quantitative estimate of drug-likeness (QED) is 0.730. The van der Waals surface area contributed by atoms with E-state index in [0.29, 0.717) is 32.2 Å². The zero-order valence-electron chi connectivity index (χ0n) is 12.6. The number of rotatable bonds is 7. The lowest BCUT2D eigenvalue weighted by atomic mass is 9.97. The van der Waals surface area contributed by atoms with Crippen molar-refractivity contribution in [3.63, 3.8) is 0 Å². The lowest BCUT2D eigenvalue weighted by Crippen LogP contribution is -2.52. The fourth-order valence-electron chi connectivity index (χ4n) is 2.39. The molecule has 0 bridgehead atoms. The van der Waals surface area contributed by atoms with Gasteiger partial charge >= 0.3 is 5.97 Å². The van der Waals surface area contributed by atoms with E-state index in [9.17, 15) is 14.4 Å². The Morgan fingerprint density at radius 3 is 2.71 bits per heavy atom. The molecule has 0 aromatic heterocycles. The zero-order chi connectivity index (χ0) is 15.8. The largest absolute Gasteiger partial charge is 0.481 e. The number of carboxylic acids is 1. The lowest BCUT2D eigenvalue weighted by Gasteiger charge is -2.33. The van der Waals surface area contributed by atoms with Gasteiger partial charge in [0.15, 0.2) is 0 Å². The van der Waals surface area contributed by atoms with Crippen molar-refractivity contribution in [2.45, 2.75) is 38.6 Å². The van der Waals surface area contributed by atoms with Gasteiger partial charge in [-0.05, 0) is 31.3 Å². The predicted octanol–water partition coefficient (Wildman–Crippen LogP) is 0.957. The molecule has 1 aliphatic rings. The van der Waals surface area contributed by atoms with Crippen LogP contribution in [0.4, 0.5) is 0 Å². The van der Waals surface area contributed by atoms with Gasteiger partial charge in [0.2, 0.25) is 11.8 Å². The van der Waals surface area contributed by atoms with Crippen LogP contribution in [0.2, 0.25) is 0 Å². The third-order valence-electron chi connectivity index (χ3n) is 3.65. The number of hydrogen-bond acceptors (Lipinski definition) is 4. The summed E-state index contributed by atoms with van der Waals surface area (Å²) in [6.45, 7) is 2.55. The number of likely N-dealkylation sites (tertiary alicyclic amines) is 1. The van der Waals surface area contributed by atoms with Gasteiger partial charge in [-0.2, -0.15) is 11.8 Å². The Bertz CT molecular complexity index is 389. The average molecular weight is 316 g/mol. The van der Waals surface area contributed by atoms with Crippen LogP contribution in [-0.4, -0.2) is 58.9 Å². The molecule has 1 saturated heterocycles. The Morgan fingerprint density at radius 2 is 2.14 bits per heavy atom. The molecule has 0 spiro atoms. The van der Waals surface area contributed by atoms with Crippen molar-refractivity contribution in [3.8, 4) is 0 Å². The number of amides is 2. The van der Waals surface area contributed by atoms with Gasteiger partial charge in [-0.1, -0.05) is 6.92 Å². The second-order valence-corrected chi connectivity index (χ2v) is 6.20. The Labute approximate surface area is 129 Å². The highest BCUT2D eigenvalue weighted by Gasteiger charge is 2.32. The maximum absolute atomic E-state index is 12.5. The fourth-order valence-corrected chi connectivity index (χ4v) is 2.86. The van der Waals surface area contributed by atoms with Gasteiger partial charge in [-0.3, -0.25) is 14.4 Å². The Balaban J connectivity index is 2.69. The predicted molar refractivity (Wildman–Crippen MR) is 82.2 cm³/mol. The van der Waals surface area contributed by atoms with Gasteiger partial charge in [-0.15, -0.1) is 0 Å². The van der Waals surface area contributed by atoms with Crippen LogP contribution < -0.4 is 5.32 Å². The molecule has 2 N–H and O–H groups in total. The summed E-state index contributed by atoms with van der Waals surface area (Å²) in [5.41, 5.74) is 0. The Morgan fingerprint density at radius 1 is 1.43 bits per heavy atom. The first kappa shape index (κ1) is 17.8. The molecule has 0 aliphatic carbocycles. The average Bonchev–Trinajstić information content (AvgIpc) is 2.50. The number of hydrogen-bond donors (Lipinski definition) is 2. The van der Waals surface area contributed by atoms with E-state index in [4.69, 9.17) is 5.11 Å². The first-order valence-electron chi connectivity index (χ1n) is 7.29. The molecule has 21 heavy (non-hydrogen) atoms. The van der Waals surface area contributed by atoms with Gasteiger partial charge in [0.25, 0.3) is 0 Å². The highest BCUT2D eigenvalue weighted by molar-refractivity contribution is 7.98. The van der Waals surface area contributed by atoms with Gasteiger partial charge in [-0.25, -0.2) is 0 Å². The van der Waals surface area contributed by atoms with Gasteiger partial charge < -0.3 is 15.3 Å². The number of aliphatic carboxylic acids is 1. The number of thioether (sulfide) groups is 1. The minimum atomic E-state index is -0.856. The lowest BCUT2D eigenvalue weighted by molar-refractivity contribution is -0.147. The molecule has 6 nitrogen and oxygen atoms in total. The molecular weight excluding hydrogens is 292 g/mol. The maximum Gasteiger partial charge on any atom is 0.308 e. The molecular formula is C14H24N2O4S. The molecule has 2 atom stereocenters. The third kappa shape index (κ3) is 5.57. The van der Waals surface area contributed by atoms with Crippen molar-refractivity contribution >= 4 is 29.5 Å². The third-order valence-corrected chi connectivity index (χ3v) is 4.29. The number of nitrogens with one attached hydrogen (secondary N) is 1. The van der Waals surface area contributed by atoms with E-state index in [1.54, 1.807) is 23.6 Å². The monoisotopic (exact) mass is 316 g/mol. The van der Waals surface area contributed by atoms with Crippen molar-refractivity contribution in [1.82, 2.24) is 10.2 Å². The summed E-state index contributed by atoms with van der Waals surface area (Å²) in [6.07, 6.45) is 4.15. The van der Waals surface area contributed by atoms with E-state index in [-0.39, 0.29) is 18.4 Å². The smallest absolute Gasteiger partial charge is 0.308 e. The number of nitrogens with zero attached hydrogens (tertiary/aromatic N) is 1. The molecule has 120 valence electrons. The molecule has 0 saturated carbocycles. The van der Waals surface area contributed by atoms with Crippen LogP contribution in [0.15, 0.2) is 0 Å². The van der Waals surface area contributed by atoms with E-state index in [1.165, 1.54) is 0 Å². The van der Waals surface area contributed by atoms with Crippen LogP contribution in [0.5, 0.6) is 0 Å². The van der Waals surface area contributed by atoms with Crippen molar-refractivity contribution in [3.05, 3.63) is 0 Å². The Hall–Kier alpha value is -1.24. The molecule has 2 unspecified atom stereocenters. The van der Waals surface area contributed by atoms with Crippen LogP contribution in [0.1, 0.15) is 32.6 Å². The van der Waals surface area contributed by atoms with Crippen LogP contribution in [-0.2, 0) is 14.4 Å². The number of carbonyl (C=O) groups is 3. The van der Waals surface area contributed by atoms with Gasteiger partial charge in [0, 0.05) is 19.5 Å². The van der Waals surface area contributed by atoms with E-state index in [0.717, 1.165) is 5.75 Å². The highest BCUT2D eigenvalue weighted by Crippen LogP contribution is 2.18. The molecule has 1 heterocycles. The van der Waals surface area contributed by atoms with Crippen LogP contribution >= 0.6 is 11.8 Å². The minimum absolute atomic E-state index is 0.152. The summed E-state index contributed by atoms with van der Waals surface area (Å²) >= 11 is 1.62. The van der Waals surface area contributed by atoms with Crippen LogP contribution in [0.25, 0.3) is 0 Å². The summed E-state index contributed by atoms with van der Waals surface area (Å²) in [4.78, 5) is 36.8. The van der Waals surface area contributed by atoms with Crippen LogP contribution in [0, 0.1) is 5.92 Å². The van der Waals surface area contributed by atoms with Crippen molar-refractivity contribution in [2.24, 2.45) is 5.92 Å². The highest BCUT2D eigenvalue weighted by atomic mass is 32.2. The van der Waals surface area contributed by atoms with E-state index >= 15 is 0 Å². The molecule has 1 fully saturated rings. The SMILES string of the molecule is CCC(=O)NC(CCSC)C(=O)N1CCCC(C(=O)O)C1. The fraction of sp³-hybridized carbons (Fsp3) is 0.786. The normalized spacial score (nSPS) is 19.9. The molecule has 7 heteroatoms. The Kier molecular flexibility index (Phi) is 7.56. The minimum Gasteiger partial charge on any atom is -0.481 e. The second kappa shape index (κ2) is 8.92. The van der Waals surface area contributed by atoms with Crippen molar-refractivity contribution < 1.29 is 19.5 Å². The number of carbonyl (C=O) groups excluding carboxylic acids is 2. The molecule has 2 amide bonds. The summed E-state index contributed by atoms with van der Waals surface area (Å²) in [5.74, 6) is -0.883. The molecule has 1 aliphatic heterocycles. The van der Waals surface area contributed by atoms with E-state index < -0.39 is 17.9 Å². The van der Waals surface area contributed by atoms with Gasteiger partial charge in [0.1, 0.15) is 6.04 Å². The summed E-state index contributed by atoms with van der Waals surface area (Å²) in [5, 5.41) is 11.8. The summed E-state index contributed by atoms with van der Waals surface area (Å²) in [7, 11) is 0. The summed E-state index contributed by atoms with van der Waals surface area (Å²) in [6, 6.07) is -0.544. The first-order valence-corrected chi connectivity index (χ1v) is 8.68. The maximum atomic E-state index is 12.5. The molecule has 0 aromatic rings. The number of piperidine rings is 1. The number of carboxylic acid groups (broad SMARTS) is 1. The zero-order valence-corrected chi connectivity index (χ0v) is 13.4. The molecule has 1 rings (SSSR count). The van der Waals surface area contributed by atoms with Crippen molar-refractivity contribution in [1.29, 1.82) is 0 Å². The summed E-state index contributed by atoms with van der Waals surface area (Å²) < 4.78 is 0. The van der Waals surface area contributed by atoms with E-state index in [2.05, 4.69) is 5.32 Å². The molecule has 0 aromatic carbocycles. The second-order valence-electron chi connectivity index (χ2n) is 5.22. The topological polar surface area (TPSA) is 86.7 Å². The standard InChI is InChI=1S/C14H24N2O4S/c1-3-12(17)15-11(6-8-21-2)13(18)16-7-4-5-10(9-16)14(19)20/h10-11H,3-9H2,1-2H3,(H,15,17)(H,19,20). The van der Waals surface area contributed by atoms with Crippen molar-refractivity contribution in [2.75, 3.05) is 25.1 Å². The first-order chi connectivity index (χ1) is 9.99.